The Morgan fingerprint density at radius 3 is 2.72 bits per heavy atom. The van der Waals surface area contributed by atoms with Gasteiger partial charge in [0.15, 0.2) is 11.7 Å². The molecule has 0 unspecified atom stereocenters. The van der Waals surface area contributed by atoms with Gasteiger partial charge in [0.2, 0.25) is 0 Å². The van der Waals surface area contributed by atoms with Gasteiger partial charge in [0.05, 0.1) is 6.26 Å². The molecule has 2 N–H and O–H groups in total. The van der Waals surface area contributed by atoms with Crippen molar-refractivity contribution in [2.75, 3.05) is 39.0 Å². The van der Waals surface area contributed by atoms with Crippen LogP contribution in [0.25, 0.3) is 0 Å². The minimum atomic E-state index is -0.156. The Labute approximate surface area is 171 Å². The Bertz CT molecular complexity index is 589. The van der Waals surface area contributed by atoms with Crippen molar-refractivity contribution in [3.63, 3.8) is 0 Å². The van der Waals surface area contributed by atoms with Gasteiger partial charge in [0.25, 0.3) is 5.91 Å². The third kappa shape index (κ3) is 6.73. The van der Waals surface area contributed by atoms with Gasteiger partial charge in [-0.2, -0.15) is 11.8 Å². The van der Waals surface area contributed by atoms with E-state index < -0.39 is 0 Å². The number of halogens is 1. The molecule has 2 heterocycles. The van der Waals surface area contributed by atoms with Crippen LogP contribution in [0.4, 0.5) is 0 Å². The summed E-state index contributed by atoms with van der Waals surface area (Å²) in [5.41, 5.74) is 0.858. The molecule has 0 aliphatic carbocycles. The minimum Gasteiger partial charge on any atom is -0.459 e. The van der Waals surface area contributed by atoms with E-state index in [2.05, 4.69) is 34.4 Å². The molecule has 0 spiro atoms. The van der Waals surface area contributed by atoms with Crippen LogP contribution in [0.5, 0.6) is 0 Å². The van der Waals surface area contributed by atoms with Crippen LogP contribution in [0.2, 0.25) is 0 Å². The van der Waals surface area contributed by atoms with Crippen molar-refractivity contribution in [2.45, 2.75) is 31.9 Å². The lowest BCUT2D eigenvalue weighted by atomic mass is 10.2. The first kappa shape index (κ1) is 22.1. The third-order valence-electron chi connectivity index (χ3n) is 3.93. The molecule has 1 fully saturated rings. The predicted molar refractivity (Wildman–Crippen MR) is 115 cm³/mol. The predicted octanol–water partition coefficient (Wildman–Crippen LogP) is 2.73. The number of rotatable bonds is 5. The SMILES string of the molecule is CN=C(NCCCNC(=O)c1occc1C)N1CCSC(C)(C)C1.I. The summed E-state index contributed by atoms with van der Waals surface area (Å²) in [5.74, 6) is 2.30. The molecule has 1 aliphatic rings. The van der Waals surface area contributed by atoms with Crippen molar-refractivity contribution in [3.05, 3.63) is 23.7 Å². The highest BCUT2D eigenvalue weighted by Gasteiger charge is 2.28. The van der Waals surface area contributed by atoms with Gasteiger partial charge in [-0.15, -0.1) is 24.0 Å². The number of carbonyl (C=O) groups is 1. The van der Waals surface area contributed by atoms with E-state index in [-0.39, 0.29) is 34.6 Å². The van der Waals surface area contributed by atoms with Crippen LogP contribution in [0, 0.1) is 6.92 Å². The van der Waals surface area contributed by atoms with E-state index in [0.29, 0.717) is 12.3 Å². The van der Waals surface area contributed by atoms with Gasteiger partial charge in [-0.25, -0.2) is 0 Å². The molecule has 0 bridgehead atoms. The summed E-state index contributed by atoms with van der Waals surface area (Å²) in [6.07, 6.45) is 2.37. The fourth-order valence-corrected chi connectivity index (χ4v) is 3.82. The number of furan rings is 1. The number of nitrogens with one attached hydrogen (secondary N) is 2. The standard InChI is InChI=1S/C17H28N4O2S.HI/c1-13-6-10-23-14(13)15(22)19-7-5-8-20-16(18-4)21-9-11-24-17(2,3)12-21;/h6,10H,5,7-9,11-12H2,1-4H3,(H,18,20)(H,19,22);1H. The Morgan fingerprint density at radius 1 is 1.40 bits per heavy atom. The van der Waals surface area contributed by atoms with E-state index >= 15 is 0 Å². The minimum absolute atomic E-state index is 0. The molecule has 142 valence electrons. The van der Waals surface area contributed by atoms with Gasteiger partial charge >= 0.3 is 0 Å². The molecule has 0 atom stereocenters. The zero-order valence-corrected chi connectivity index (χ0v) is 18.6. The highest BCUT2D eigenvalue weighted by molar-refractivity contribution is 14.0. The van der Waals surface area contributed by atoms with Gasteiger partial charge < -0.3 is 20.0 Å². The highest BCUT2D eigenvalue weighted by atomic mass is 127. The quantitative estimate of drug-likeness (QED) is 0.294. The van der Waals surface area contributed by atoms with E-state index in [1.165, 1.54) is 6.26 Å². The molecule has 0 radical (unpaired) electrons. The zero-order chi connectivity index (χ0) is 17.6. The fraction of sp³-hybridized carbons (Fsp3) is 0.647. The molecule has 6 nitrogen and oxygen atoms in total. The molecular formula is C17H29IN4O2S. The number of amides is 1. The van der Waals surface area contributed by atoms with Crippen molar-refractivity contribution in [3.8, 4) is 0 Å². The van der Waals surface area contributed by atoms with Gasteiger partial charge in [0.1, 0.15) is 0 Å². The smallest absolute Gasteiger partial charge is 0.287 e. The molecule has 1 aromatic heterocycles. The zero-order valence-electron chi connectivity index (χ0n) is 15.4. The van der Waals surface area contributed by atoms with Crippen LogP contribution >= 0.6 is 35.7 Å². The van der Waals surface area contributed by atoms with Gasteiger partial charge in [0, 0.05) is 49.3 Å². The molecule has 0 saturated carbocycles. The molecule has 1 saturated heterocycles. The number of aliphatic imine (C=N–C) groups is 1. The van der Waals surface area contributed by atoms with Gasteiger partial charge in [-0.05, 0) is 33.3 Å². The second-order valence-electron chi connectivity index (χ2n) is 6.55. The molecule has 25 heavy (non-hydrogen) atoms. The Balaban J connectivity index is 0.00000312. The summed E-state index contributed by atoms with van der Waals surface area (Å²) in [5, 5.41) is 6.27. The largest absolute Gasteiger partial charge is 0.459 e. The van der Waals surface area contributed by atoms with E-state index in [9.17, 15) is 4.79 Å². The fourth-order valence-electron chi connectivity index (χ4n) is 2.71. The molecule has 0 aromatic carbocycles. The van der Waals surface area contributed by atoms with Crippen molar-refractivity contribution >= 4 is 47.6 Å². The maximum atomic E-state index is 11.9. The Hall–Kier alpha value is -0.900. The van der Waals surface area contributed by atoms with E-state index in [4.69, 9.17) is 4.42 Å². The number of nitrogens with zero attached hydrogens (tertiary/aromatic N) is 2. The van der Waals surface area contributed by atoms with E-state index in [1.54, 1.807) is 6.07 Å². The Morgan fingerprint density at radius 2 is 2.12 bits per heavy atom. The Kier molecular flexibility index (Phi) is 9.12. The topological polar surface area (TPSA) is 69.9 Å². The van der Waals surface area contributed by atoms with Crippen molar-refractivity contribution < 1.29 is 9.21 Å². The van der Waals surface area contributed by atoms with Gasteiger partial charge in [-0.3, -0.25) is 9.79 Å². The first-order valence-electron chi connectivity index (χ1n) is 8.35. The van der Waals surface area contributed by atoms with E-state index in [0.717, 1.165) is 43.3 Å². The number of aryl methyl sites for hydroxylation is 1. The van der Waals surface area contributed by atoms with Crippen LogP contribution in [0.15, 0.2) is 21.7 Å². The summed E-state index contributed by atoms with van der Waals surface area (Å²) >= 11 is 2.01. The van der Waals surface area contributed by atoms with Crippen molar-refractivity contribution in [1.82, 2.24) is 15.5 Å². The maximum absolute atomic E-state index is 11.9. The lowest BCUT2D eigenvalue weighted by molar-refractivity contribution is 0.0925. The number of guanidine groups is 1. The maximum Gasteiger partial charge on any atom is 0.287 e. The molecule has 2 rings (SSSR count). The van der Waals surface area contributed by atoms with Crippen molar-refractivity contribution in [1.29, 1.82) is 0 Å². The first-order chi connectivity index (χ1) is 11.4. The van der Waals surface area contributed by atoms with Gasteiger partial charge in [-0.1, -0.05) is 0 Å². The summed E-state index contributed by atoms with van der Waals surface area (Å²) in [6.45, 7) is 9.78. The average molecular weight is 480 g/mol. The summed E-state index contributed by atoms with van der Waals surface area (Å²) in [7, 11) is 1.82. The number of carbonyl (C=O) groups excluding carboxylic acids is 1. The lowest BCUT2D eigenvalue weighted by Gasteiger charge is -2.39. The molecule has 1 aromatic rings. The third-order valence-corrected chi connectivity index (χ3v) is 5.22. The van der Waals surface area contributed by atoms with Crippen LogP contribution < -0.4 is 10.6 Å². The second kappa shape index (κ2) is 10.3. The lowest BCUT2D eigenvalue weighted by Crippen LogP contribution is -2.51. The van der Waals surface area contributed by atoms with E-state index in [1.807, 2.05) is 25.7 Å². The second-order valence-corrected chi connectivity index (χ2v) is 8.35. The van der Waals surface area contributed by atoms with Crippen LogP contribution in [0.1, 0.15) is 36.4 Å². The number of hydrogen-bond acceptors (Lipinski definition) is 4. The summed E-state index contributed by atoms with van der Waals surface area (Å²) in [6, 6.07) is 1.79. The summed E-state index contributed by atoms with van der Waals surface area (Å²) in [4.78, 5) is 18.6. The van der Waals surface area contributed by atoms with Crippen LogP contribution in [-0.2, 0) is 0 Å². The molecular weight excluding hydrogens is 451 g/mol. The van der Waals surface area contributed by atoms with Crippen LogP contribution in [-0.4, -0.2) is 60.5 Å². The average Bonchev–Trinajstić information content (AvgIpc) is 2.96. The van der Waals surface area contributed by atoms with Crippen LogP contribution in [0.3, 0.4) is 0 Å². The normalized spacial score (nSPS) is 17.0. The molecule has 1 amide bonds. The van der Waals surface area contributed by atoms with Crippen molar-refractivity contribution in [2.24, 2.45) is 4.99 Å². The molecule has 8 heteroatoms. The monoisotopic (exact) mass is 480 g/mol. The first-order valence-corrected chi connectivity index (χ1v) is 9.33. The summed E-state index contributed by atoms with van der Waals surface area (Å²) < 4.78 is 5.44. The number of hydrogen-bond donors (Lipinski definition) is 2. The number of thioether (sulfide) groups is 1. The molecule has 1 aliphatic heterocycles. The highest BCUT2D eigenvalue weighted by Crippen LogP contribution is 2.29.